The molecule has 5 heterocycles. The Balaban J connectivity index is 1.71. The molecule has 0 radical (unpaired) electrons. The molecule has 1 aliphatic rings. The Morgan fingerprint density at radius 1 is 1.25 bits per heavy atom. The standard InChI is InChI=1S/C19H16N6OS2/c1-10-22-8-15-13-5-14(11-6-20-9-21-7-11)23-18-16(13)17(24-25(10)15)19(27-18)28(26)12-3-2-4-12/h5-9,12,24H,2-4H2,1H3. The third kappa shape index (κ3) is 2.27. The average molecular weight is 409 g/mol. The smallest absolute Gasteiger partial charge is 0.234 e. The first-order valence-corrected chi connectivity index (χ1v) is 11.2. The minimum absolute atomic E-state index is 0.252. The average Bonchev–Trinajstić information content (AvgIpc) is 3.23. The highest BCUT2D eigenvalue weighted by atomic mass is 32.2. The Kier molecular flexibility index (Phi) is 3.53. The van der Waals surface area contributed by atoms with Crippen molar-refractivity contribution in [2.45, 2.75) is 35.6 Å². The fourth-order valence-electron chi connectivity index (χ4n) is 3.73. The van der Waals surface area contributed by atoms with Gasteiger partial charge >= 0.3 is 0 Å². The van der Waals surface area contributed by atoms with E-state index in [4.69, 9.17) is 4.98 Å². The van der Waals surface area contributed by atoms with Crippen LogP contribution in [0.15, 0.2) is 35.2 Å². The van der Waals surface area contributed by atoms with Crippen molar-refractivity contribution in [2.75, 3.05) is 0 Å². The van der Waals surface area contributed by atoms with E-state index in [-0.39, 0.29) is 5.25 Å². The summed E-state index contributed by atoms with van der Waals surface area (Å²) >= 11 is 0.504. The molecule has 9 heteroatoms. The molecule has 6 rings (SSSR count). The maximum absolute atomic E-state index is 13.2. The molecule has 7 nitrogen and oxygen atoms in total. The maximum Gasteiger partial charge on any atom is 0.234 e. The Morgan fingerprint density at radius 3 is 2.82 bits per heavy atom. The molecule has 1 saturated carbocycles. The van der Waals surface area contributed by atoms with E-state index in [1.165, 1.54) is 17.7 Å². The lowest BCUT2D eigenvalue weighted by molar-refractivity contribution is 0.478. The maximum atomic E-state index is 13.2. The fourth-order valence-corrected chi connectivity index (χ4v) is 7.00. The second kappa shape index (κ2) is 6.00. The quantitative estimate of drug-likeness (QED) is 0.458. The second-order valence-corrected chi connectivity index (χ2v) is 10.0. The van der Waals surface area contributed by atoms with E-state index in [2.05, 4.69) is 26.1 Å². The molecule has 140 valence electrons. The van der Waals surface area contributed by atoms with Crippen molar-refractivity contribution in [1.29, 1.82) is 0 Å². The number of nitrogens with zero attached hydrogens (tertiary/aromatic N) is 5. The molecule has 1 N–H and O–H groups in total. The first-order chi connectivity index (χ1) is 13.7. The van der Waals surface area contributed by atoms with Gasteiger partial charge in [0.05, 0.1) is 22.8 Å². The molecule has 0 amide bonds. The van der Waals surface area contributed by atoms with Crippen molar-refractivity contribution >= 4 is 49.1 Å². The summed E-state index contributed by atoms with van der Waals surface area (Å²) < 4.78 is 16.1. The van der Waals surface area contributed by atoms with Crippen LogP contribution in [0.3, 0.4) is 0 Å². The van der Waals surface area contributed by atoms with E-state index in [0.717, 1.165) is 67.2 Å². The van der Waals surface area contributed by atoms with Gasteiger partial charge in [-0.2, -0.15) is 0 Å². The zero-order chi connectivity index (χ0) is 18.8. The minimum atomic E-state index is -1.02. The number of hydrogen-bond donors (Lipinski definition) is 1. The third-order valence-electron chi connectivity index (χ3n) is 5.46. The molecule has 1 aliphatic carbocycles. The van der Waals surface area contributed by atoms with Crippen molar-refractivity contribution in [2.24, 2.45) is 0 Å². The lowest BCUT2D eigenvalue weighted by atomic mass is 10.0. The van der Waals surface area contributed by atoms with Crippen molar-refractivity contribution in [3.05, 3.63) is 36.8 Å². The van der Waals surface area contributed by atoms with Gasteiger partial charge in [0.15, 0.2) is 0 Å². The summed E-state index contributed by atoms with van der Waals surface area (Å²) in [4.78, 5) is 18.5. The topological polar surface area (TPSA) is 94.8 Å². The lowest BCUT2D eigenvalue weighted by Gasteiger charge is -2.26. The monoisotopic (exact) mass is 408 g/mol. The van der Waals surface area contributed by atoms with Crippen LogP contribution < -0.4 is 0 Å². The van der Waals surface area contributed by atoms with Crippen molar-refractivity contribution in [1.82, 2.24) is 29.5 Å². The SMILES string of the molecule is Cc1ncc2c3cc(-c4cncnc4)nc4sc([S+]([O-])C5CCC5)c([nH]n12)c43. The van der Waals surface area contributed by atoms with E-state index in [1.807, 2.05) is 17.6 Å². The van der Waals surface area contributed by atoms with E-state index in [9.17, 15) is 4.55 Å². The van der Waals surface area contributed by atoms with Gasteiger partial charge in [-0.25, -0.2) is 24.5 Å². The van der Waals surface area contributed by atoms with Crippen LogP contribution in [0.4, 0.5) is 0 Å². The van der Waals surface area contributed by atoms with Crippen LogP contribution >= 0.6 is 11.3 Å². The first kappa shape index (κ1) is 16.5. The van der Waals surface area contributed by atoms with Crippen LogP contribution in [0.2, 0.25) is 0 Å². The third-order valence-corrected chi connectivity index (χ3v) is 8.73. The highest BCUT2D eigenvalue weighted by molar-refractivity contribution is 7.94. The molecule has 1 atom stereocenters. The Hall–Kier alpha value is -2.49. The van der Waals surface area contributed by atoms with Gasteiger partial charge in [0.2, 0.25) is 4.21 Å². The summed E-state index contributed by atoms with van der Waals surface area (Å²) in [6.07, 6.45) is 10.1. The van der Waals surface area contributed by atoms with E-state index in [1.54, 1.807) is 12.4 Å². The Labute approximate surface area is 167 Å². The zero-order valence-electron chi connectivity index (χ0n) is 15.0. The van der Waals surface area contributed by atoms with Crippen molar-refractivity contribution in [3.8, 4) is 11.3 Å². The van der Waals surface area contributed by atoms with Gasteiger partial charge in [0.1, 0.15) is 27.7 Å². The summed E-state index contributed by atoms with van der Waals surface area (Å²) in [5.41, 5.74) is 3.56. The van der Waals surface area contributed by atoms with Crippen LogP contribution in [-0.2, 0) is 11.2 Å². The van der Waals surface area contributed by atoms with Crippen LogP contribution in [0.1, 0.15) is 25.1 Å². The highest BCUT2D eigenvalue weighted by Crippen LogP contribution is 2.43. The van der Waals surface area contributed by atoms with Crippen LogP contribution in [-0.4, -0.2) is 39.4 Å². The van der Waals surface area contributed by atoms with Gasteiger partial charge in [-0.05, 0) is 32.3 Å². The molecule has 0 aliphatic heterocycles. The van der Waals surface area contributed by atoms with Gasteiger partial charge in [0, 0.05) is 34.5 Å². The lowest BCUT2D eigenvalue weighted by Crippen LogP contribution is -2.28. The molecule has 0 saturated heterocycles. The molecule has 0 spiro atoms. The highest BCUT2D eigenvalue weighted by Gasteiger charge is 2.35. The summed E-state index contributed by atoms with van der Waals surface area (Å²) in [7, 11) is 0. The number of aryl methyl sites for hydroxylation is 1. The van der Waals surface area contributed by atoms with Crippen LogP contribution in [0, 0.1) is 6.92 Å². The molecule has 1 fully saturated rings. The number of aromatic amines is 1. The molecule has 5 aromatic rings. The number of rotatable bonds is 3. The number of H-pyrrole nitrogens is 1. The fraction of sp³-hybridized carbons (Fsp3) is 0.263. The predicted octanol–water partition coefficient (Wildman–Crippen LogP) is 3.85. The van der Waals surface area contributed by atoms with Gasteiger partial charge in [-0.3, -0.25) is 5.10 Å². The molecular formula is C19H16N6OS2. The molecule has 0 bridgehead atoms. The molecular weight excluding hydrogens is 392 g/mol. The van der Waals surface area contributed by atoms with E-state index < -0.39 is 11.2 Å². The summed E-state index contributed by atoms with van der Waals surface area (Å²) in [6, 6.07) is 2.06. The summed E-state index contributed by atoms with van der Waals surface area (Å²) in [6.45, 7) is 1.96. The van der Waals surface area contributed by atoms with Gasteiger partial charge in [-0.1, -0.05) is 11.3 Å². The van der Waals surface area contributed by atoms with Crippen LogP contribution in [0.5, 0.6) is 0 Å². The molecule has 1 unspecified atom stereocenters. The summed E-state index contributed by atoms with van der Waals surface area (Å²) in [5.74, 6) is 0.863. The minimum Gasteiger partial charge on any atom is -0.611 e. The summed E-state index contributed by atoms with van der Waals surface area (Å²) in [5, 5.41) is 5.78. The number of thiophene rings is 1. The zero-order valence-corrected chi connectivity index (χ0v) is 16.7. The number of imidazole rings is 1. The van der Waals surface area contributed by atoms with Crippen LogP contribution in [0.25, 0.3) is 37.9 Å². The van der Waals surface area contributed by atoms with Gasteiger partial charge < -0.3 is 4.55 Å². The van der Waals surface area contributed by atoms with E-state index in [0.29, 0.717) is 0 Å². The molecule has 5 aromatic heterocycles. The number of nitrogens with one attached hydrogen (secondary N) is 1. The normalized spacial score (nSPS) is 16.2. The predicted molar refractivity (Wildman–Crippen MR) is 110 cm³/mol. The number of fused-ring (bicyclic) bond motifs is 2. The number of pyridine rings is 1. The Bertz CT molecular complexity index is 1330. The van der Waals surface area contributed by atoms with Gasteiger partial charge in [-0.15, -0.1) is 0 Å². The molecule has 0 aromatic carbocycles. The van der Waals surface area contributed by atoms with E-state index >= 15 is 0 Å². The molecule has 28 heavy (non-hydrogen) atoms. The Morgan fingerprint density at radius 2 is 2.07 bits per heavy atom. The van der Waals surface area contributed by atoms with Crippen molar-refractivity contribution in [3.63, 3.8) is 0 Å². The second-order valence-electron chi connectivity index (χ2n) is 7.12. The van der Waals surface area contributed by atoms with Crippen molar-refractivity contribution < 1.29 is 4.55 Å². The van der Waals surface area contributed by atoms with Gasteiger partial charge in [0.25, 0.3) is 0 Å². The largest absolute Gasteiger partial charge is 0.611 e. The number of aromatic nitrogens is 6. The number of hydrogen-bond acceptors (Lipinski definition) is 6. The first-order valence-electron chi connectivity index (χ1n) is 9.16.